The first kappa shape index (κ1) is 12.0. The number of carbonyl (C=O) groups is 1. The van der Waals surface area contributed by atoms with Crippen molar-refractivity contribution in [2.24, 2.45) is 0 Å². The van der Waals surface area contributed by atoms with Crippen LogP contribution < -0.4 is 16.4 Å². The zero-order valence-corrected chi connectivity index (χ0v) is 9.81. The molecule has 1 radical (unpaired) electrons. The molecule has 18 heavy (non-hydrogen) atoms. The molecule has 4 nitrogen and oxygen atoms in total. The largest absolute Gasteiger partial charge is 0.399 e. The van der Waals surface area contributed by atoms with Crippen molar-refractivity contribution in [2.45, 2.75) is 6.54 Å². The Morgan fingerprint density at radius 1 is 1.22 bits per heavy atom. The summed E-state index contributed by atoms with van der Waals surface area (Å²) in [6.07, 6.45) is 0. The van der Waals surface area contributed by atoms with Crippen LogP contribution in [0.25, 0.3) is 0 Å². The average molecular weight is 240 g/mol. The van der Waals surface area contributed by atoms with Crippen molar-refractivity contribution >= 4 is 17.4 Å². The van der Waals surface area contributed by atoms with Crippen LogP contribution in [0.2, 0.25) is 0 Å². The van der Waals surface area contributed by atoms with Crippen molar-refractivity contribution in [1.82, 2.24) is 5.32 Å². The van der Waals surface area contributed by atoms with Crippen molar-refractivity contribution < 1.29 is 4.79 Å². The summed E-state index contributed by atoms with van der Waals surface area (Å²) in [5.41, 5.74) is 7.94. The third-order valence-electron chi connectivity index (χ3n) is 2.39. The van der Waals surface area contributed by atoms with Gasteiger partial charge in [0, 0.05) is 17.9 Å². The second-order valence-corrected chi connectivity index (χ2v) is 3.84. The van der Waals surface area contributed by atoms with E-state index in [0.717, 1.165) is 5.56 Å². The van der Waals surface area contributed by atoms with Gasteiger partial charge >= 0.3 is 6.03 Å². The van der Waals surface area contributed by atoms with E-state index >= 15 is 0 Å². The molecule has 0 saturated heterocycles. The normalized spacial score (nSPS) is 9.78. The fourth-order valence-corrected chi connectivity index (χ4v) is 1.46. The molecule has 0 aromatic heterocycles. The van der Waals surface area contributed by atoms with Gasteiger partial charge in [-0.3, -0.25) is 0 Å². The van der Waals surface area contributed by atoms with E-state index in [2.05, 4.69) is 16.7 Å². The van der Waals surface area contributed by atoms with Crippen LogP contribution in [0, 0.1) is 6.07 Å². The van der Waals surface area contributed by atoms with Gasteiger partial charge in [-0.1, -0.05) is 18.2 Å². The van der Waals surface area contributed by atoms with Crippen LogP contribution in [-0.2, 0) is 6.54 Å². The monoisotopic (exact) mass is 240 g/mol. The van der Waals surface area contributed by atoms with E-state index in [1.165, 1.54) is 0 Å². The van der Waals surface area contributed by atoms with Gasteiger partial charge in [-0.15, -0.1) is 0 Å². The van der Waals surface area contributed by atoms with E-state index in [0.29, 0.717) is 17.9 Å². The highest BCUT2D eigenvalue weighted by Gasteiger charge is 2.00. The fourth-order valence-electron chi connectivity index (χ4n) is 1.46. The molecule has 0 spiro atoms. The summed E-state index contributed by atoms with van der Waals surface area (Å²) in [5, 5.41) is 5.48. The van der Waals surface area contributed by atoms with Gasteiger partial charge in [0.1, 0.15) is 0 Å². The highest BCUT2D eigenvalue weighted by Crippen LogP contribution is 2.10. The van der Waals surface area contributed by atoms with Gasteiger partial charge in [0.2, 0.25) is 0 Å². The molecule has 0 unspecified atom stereocenters. The van der Waals surface area contributed by atoms with Crippen molar-refractivity contribution in [2.75, 3.05) is 11.1 Å². The Morgan fingerprint density at radius 3 is 2.67 bits per heavy atom. The molecule has 0 aliphatic carbocycles. The number of benzene rings is 2. The van der Waals surface area contributed by atoms with E-state index in [9.17, 15) is 4.79 Å². The molecule has 2 rings (SSSR count). The SMILES string of the molecule is Nc1ccc(NC(=O)NCc2c[c]ccc2)cc1. The maximum absolute atomic E-state index is 11.6. The second kappa shape index (κ2) is 5.72. The molecule has 0 saturated carbocycles. The topological polar surface area (TPSA) is 67.1 Å². The summed E-state index contributed by atoms with van der Waals surface area (Å²) in [7, 11) is 0. The number of carbonyl (C=O) groups excluding carboxylic acids is 1. The fraction of sp³-hybridized carbons (Fsp3) is 0.0714. The van der Waals surface area contributed by atoms with Crippen LogP contribution in [0.1, 0.15) is 5.56 Å². The second-order valence-electron chi connectivity index (χ2n) is 3.84. The maximum atomic E-state index is 11.6. The van der Waals surface area contributed by atoms with E-state index in [1.54, 1.807) is 24.3 Å². The molecule has 2 aromatic carbocycles. The van der Waals surface area contributed by atoms with Gasteiger partial charge in [-0.25, -0.2) is 4.79 Å². The summed E-state index contributed by atoms with van der Waals surface area (Å²) in [5.74, 6) is 0. The lowest BCUT2D eigenvalue weighted by molar-refractivity contribution is 0.251. The molecule has 2 amide bonds. The van der Waals surface area contributed by atoms with Crippen LogP contribution >= 0.6 is 0 Å². The predicted octanol–water partition coefficient (Wildman–Crippen LogP) is 2.39. The first-order valence-electron chi connectivity index (χ1n) is 5.59. The van der Waals surface area contributed by atoms with Crippen molar-refractivity contribution in [3.05, 3.63) is 60.2 Å². The predicted molar refractivity (Wildman–Crippen MR) is 72.0 cm³/mol. The standard InChI is InChI=1S/C14H14N3O/c15-12-6-8-13(9-7-12)17-14(18)16-10-11-4-2-1-3-5-11/h1-2,4-9H,10,15H2,(H2,16,17,18). The molecule has 4 heteroatoms. The number of anilines is 2. The number of hydrogen-bond acceptors (Lipinski definition) is 2. The molecule has 0 fully saturated rings. The average Bonchev–Trinajstić information content (AvgIpc) is 2.40. The zero-order valence-electron chi connectivity index (χ0n) is 9.81. The van der Waals surface area contributed by atoms with Gasteiger partial charge in [0.25, 0.3) is 0 Å². The minimum atomic E-state index is -0.247. The van der Waals surface area contributed by atoms with Gasteiger partial charge in [-0.2, -0.15) is 0 Å². The molecule has 91 valence electrons. The van der Waals surface area contributed by atoms with Crippen LogP contribution in [0.15, 0.2) is 48.5 Å². The Bertz CT molecular complexity index is 508. The molecule has 0 aliphatic rings. The Morgan fingerprint density at radius 2 is 2.00 bits per heavy atom. The number of nitrogen functional groups attached to an aromatic ring is 1. The molecule has 0 atom stereocenters. The minimum absolute atomic E-state index is 0.247. The lowest BCUT2D eigenvalue weighted by Crippen LogP contribution is -2.28. The molecular formula is C14H14N3O. The first-order chi connectivity index (χ1) is 8.74. The third-order valence-corrected chi connectivity index (χ3v) is 2.39. The van der Waals surface area contributed by atoms with E-state index < -0.39 is 0 Å². The first-order valence-corrected chi connectivity index (χ1v) is 5.59. The number of urea groups is 1. The van der Waals surface area contributed by atoms with Crippen LogP contribution in [0.4, 0.5) is 16.2 Å². The van der Waals surface area contributed by atoms with Crippen molar-refractivity contribution in [3.63, 3.8) is 0 Å². The van der Waals surface area contributed by atoms with Gasteiger partial charge in [0.15, 0.2) is 0 Å². The molecule has 0 bridgehead atoms. The highest BCUT2D eigenvalue weighted by atomic mass is 16.2. The van der Waals surface area contributed by atoms with E-state index in [4.69, 9.17) is 5.73 Å². The summed E-state index contributed by atoms with van der Waals surface area (Å²) < 4.78 is 0. The van der Waals surface area contributed by atoms with E-state index in [1.807, 2.05) is 24.3 Å². The summed E-state index contributed by atoms with van der Waals surface area (Å²) in [4.78, 5) is 11.6. The third kappa shape index (κ3) is 3.52. The van der Waals surface area contributed by atoms with Crippen molar-refractivity contribution in [1.29, 1.82) is 0 Å². The van der Waals surface area contributed by atoms with Crippen LogP contribution in [0.5, 0.6) is 0 Å². The highest BCUT2D eigenvalue weighted by molar-refractivity contribution is 5.89. The smallest absolute Gasteiger partial charge is 0.319 e. The quantitative estimate of drug-likeness (QED) is 0.721. The maximum Gasteiger partial charge on any atom is 0.319 e. The zero-order chi connectivity index (χ0) is 12.8. The molecular weight excluding hydrogens is 226 g/mol. The molecule has 2 aromatic rings. The molecule has 0 heterocycles. The Labute approximate surface area is 106 Å². The summed E-state index contributed by atoms with van der Waals surface area (Å²) in [6.45, 7) is 0.470. The minimum Gasteiger partial charge on any atom is -0.399 e. The lowest BCUT2D eigenvalue weighted by Gasteiger charge is -2.07. The summed E-state index contributed by atoms with van der Waals surface area (Å²) in [6, 6.07) is 17.2. The summed E-state index contributed by atoms with van der Waals surface area (Å²) >= 11 is 0. The molecule has 4 N–H and O–H groups in total. The Balaban J connectivity index is 1.84. The number of rotatable bonds is 3. The van der Waals surface area contributed by atoms with Crippen LogP contribution in [-0.4, -0.2) is 6.03 Å². The molecule has 0 aliphatic heterocycles. The lowest BCUT2D eigenvalue weighted by atomic mass is 10.2. The van der Waals surface area contributed by atoms with Crippen molar-refractivity contribution in [3.8, 4) is 0 Å². The number of nitrogens with one attached hydrogen (secondary N) is 2. The number of nitrogens with two attached hydrogens (primary N) is 1. The van der Waals surface area contributed by atoms with Gasteiger partial charge in [-0.05, 0) is 42.0 Å². The van der Waals surface area contributed by atoms with Gasteiger partial charge in [0.05, 0.1) is 0 Å². The van der Waals surface area contributed by atoms with Gasteiger partial charge < -0.3 is 16.4 Å². The number of amides is 2. The van der Waals surface area contributed by atoms with Crippen LogP contribution in [0.3, 0.4) is 0 Å². The Kier molecular flexibility index (Phi) is 3.81. The number of hydrogen-bond donors (Lipinski definition) is 3. The van der Waals surface area contributed by atoms with E-state index in [-0.39, 0.29) is 6.03 Å². The Hall–Kier alpha value is -2.49.